The highest BCUT2D eigenvalue weighted by Crippen LogP contribution is 2.38. The molecule has 4 rings (SSSR count). The second-order valence-corrected chi connectivity index (χ2v) is 9.19. The number of nitro groups is 1. The molecule has 11 heteroatoms. The van der Waals surface area contributed by atoms with E-state index in [0.717, 1.165) is 17.1 Å². The summed E-state index contributed by atoms with van der Waals surface area (Å²) < 4.78 is 6.00. The van der Waals surface area contributed by atoms with Gasteiger partial charge in [-0.25, -0.2) is 0 Å². The maximum Gasteiger partial charge on any atom is 0.270 e. The Morgan fingerprint density at radius 1 is 1.15 bits per heavy atom. The Bertz CT molecular complexity index is 1220. The van der Waals surface area contributed by atoms with Gasteiger partial charge in [0.05, 0.1) is 23.1 Å². The highest BCUT2D eigenvalue weighted by atomic mass is 35.5. The number of halogens is 1. The fourth-order valence-electron chi connectivity index (χ4n) is 3.76. The number of amides is 2. The number of anilines is 1. The van der Waals surface area contributed by atoms with Crippen LogP contribution >= 0.6 is 22.9 Å². The van der Waals surface area contributed by atoms with Crippen molar-refractivity contribution in [1.82, 2.24) is 9.80 Å². The molecular weight excluding hydrogens is 480 g/mol. The molecule has 1 aliphatic heterocycles. The highest BCUT2D eigenvalue weighted by molar-refractivity contribution is 7.21. The molecule has 0 bridgehead atoms. The Labute approximate surface area is 205 Å². The number of carbonyl (C=O) groups is 2. The first-order chi connectivity index (χ1) is 16.4. The number of hydrogen-bond donors (Lipinski definition) is 1. The quantitative estimate of drug-likeness (QED) is 0.382. The molecule has 0 spiro atoms. The first-order valence-electron chi connectivity index (χ1n) is 10.8. The van der Waals surface area contributed by atoms with E-state index in [1.54, 1.807) is 35.2 Å². The number of thiophene rings is 1. The zero-order valence-electron chi connectivity index (χ0n) is 18.5. The van der Waals surface area contributed by atoms with Crippen molar-refractivity contribution < 1.29 is 19.2 Å². The van der Waals surface area contributed by atoms with Gasteiger partial charge in [-0.1, -0.05) is 11.6 Å². The molecule has 2 heterocycles. The molecule has 0 saturated carbocycles. The minimum absolute atomic E-state index is 0.0402. The van der Waals surface area contributed by atoms with Gasteiger partial charge in [-0.15, -0.1) is 11.3 Å². The average Bonchev–Trinajstić information content (AvgIpc) is 3.16. The number of fused-ring (bicyclic) bond motifs is 1. The Kier molecular flexibility index (Phi) is 7.30. The van der Waals surface area contributed by atoms with Crippen molar-refractivity contribution in [3.63, 3.8) is 0 Å². The van der Waals surface area contributed by atoms with Gasteiger partial charge >= 0.3 is 0 Å². The Balaban J connectivity index is 1.32. The van der Waals surface area contributed by atoms with Crippen molar-refractivity contribution in [1.29, 1.82) is 0 Å². The van der Waals surface area contributed by atoms with Crippen LogP contribution in [0.15, 0.2) is 42.5 Å². The van der Waals surface area contributed by atoms with Crippen molar-refractivity contribution in [3.8, 4) is 5.75 Å². The van der Waals surface area contributed by atoms with Crippen LogP contribution in [-0.2, 0) is 4.79 Å². The zero-order valence-corrected chi connectivity index (χ0v) is 20.0. The van der Waals surface area contributed by atoms with Crippen molar-refractivity contribution in [2.75, 3.05) is 44.6 Å². The molecule has 1 N–H and O–H groups in total. The van der Waals surface area contributed by atoms with Gasteiger partial charge in [0.1, 0.15) is 10.6 Å². The van der Waals surface area contributed by atoms with E-state index in [-0.39, 0.29) is 24.0 Å². The summed E-state index contributed by atoms with van der Waals surface area (Å²) >= 11 is 7.59. The molecular formula is C23H23ClN4O5S. The Morgan fingerprint density at radius 3 is 2.50 bits per heavy atom. The van der Waals surface area contributed by atoms with Crippen molar-refractivity contribution >= 4 is 56.2 Å². The first-order valence-corrected chi connectivity index (χ1v) is 12.0. The molecule has 3 aromatic rings. The number of ether oxygens (including phenoxy) is 1. The molecule has 9 nitrogen and oxygen atoms in total. The smallest absolute Gasteiger partial charge is 0.270 e. The molecule has 34 heavy (non-hydrogen) atoms. The molecule has 2 amide bonds. The Hall–Kier alpha value is -3.21. The van der Waals surface area contributed by atoms with Gasteiger partial charge in [-0.2, -0.15) is 0 Å². The van der Waals surface area contributed by atoms with Crippen molar-refractivity contribution in [3.05, 3.63) is 62.5 Å². The monoisotopic (exact) mass is 502 g/mol. The van der Waals surface area contributed by atoms with Gasteiger partial charge in [-0.3, -0.25) is 24.6 Å². The molecule has 0 unspecified atom stereocenters. The molecule has 0 aliphatic carbocycles. The summed E-state index contributed by atoms with van der Waals surface area (Å²) in [7, 11) is 0. The molecule has 1 saturated heterocycles. The number of nitrogens with zero attached hydrogens (tertiary/aromatic N) is 3. The van der Waals surface area contributed by atoms with Gasteiger partial charge in [0.2, 0.25) is 5.91 Å². The predicted molar refractivity (Wildman–Crippen MR) is 132 cm³/mol. The lowest BCUT2D eigenvalue weighted by Crippen LogP contribution is -2.50. The van der Waals surface area contributed by atoms with Crippen LogP contribution in [0.5, 0.6) is 5.75 Å². The normalized spacial score (nSPS) is 14.2. The van der Waals surface area contributed by atoms with E-state index in [4.69, 9.17) is 16.3 Å². The minimum Gasteiger partial charge on any atom is -0.494 e. The number of non-ortho nitro benzene ring substituents is 1. The molecule has 2 aromatic carbocycles. The number of nitro benzene ring substituents is 1. The number of carbonyl (C=O) groups excluding carboxylic acids is 2. The molecule has 178 valence electrons. The number of piperazine rings is 1. The average molecular weight is 503 g/mol. The summed E-state index contributed by atoms with van der Waals surface area (Å²) in [5.41, 5.74) is 0.656. The SMILES string of the molecule is CCOc1ccc(NC(=O)CN2CCN(C(=O)c3sc4cc([N+](=O)[O-])ccc4c3Cl)CC2)cc1. The van der Waals surface area contributed by atoms with E-state index in [0.29, 0.717) is 58.5 Å². The molecule has 0 radical (unpaired) electrons. The van der Waals surface area contributed by atoms with E-state index in [1.165, 1.54) is 12.1 Å². The third-order valence-corrected chi connectivity index (χ3v) is 7.14. The van der Waals surface area contributed by atoms with Gasteiger partial charge < -0.3 is 15.0 Å². The van der Waals surface area contributed by atoms with E-state index in [2.05, 4.69) is 5.32 Å². The van der Waals surface area contributed by atoms with Crippen LogP contribution in [0.1, 0.15) is 16.6 Å². The lowest BCUT2D eigenvalue weighted by Gasteiger charge is -2.34. The van der Waals surface area contributed by atoms with Gasteiger partial charge in [0.25, 0.3) is 11.6 Å². The summed E-state index contributed by atoms with van der Waals surface area (Å²) in [6.45, 7) is 4.74. The number of nitrogens with one attached hydrogen (secondary N) is 1. The Morgan fingerprint density at radius 2 is 1.85 bits per heavy atom. The third-order valence-electron chi connectivity index (χ3n) is 5.49. The van der Waals surface area contributed by atoms with Crippen LogP contribution in [0.25, 0.3) is 10.1 Å². The molecule has 1 fully saturated rings. The first kappa shape index (κ1) is 23.9. The summed E-state index contributed by atoms with van der Waals surface area (Å²) in [5.74, 6) is 0.420. The maximum atomic E-state index is 13.1. The molecule has 1 aliphatic rings. The highest BCUT2D eigenvalue weighted by Gasteiger charge is 2.27. The van der Waals surface area contributed by atoms with Crippen LogP contribution < -0.4 is 10.1 Å². The van der Waals surface area contributed by atoms with Crippen LogP contribution in [0.4, 0.5) is 11.4 Å². The number of rotatable bonds is 7. The number of hydrogen-bond acceptors (Lipinski definition) is 7. The van der Waals surface area contributed by atoms with E-state index in [9.17, 15) is 19.7 Å². The maximum absolute atomic E-state index is 13.1. The van der Waals surface area contributed by atoms with Crippen LogP contribution in [0, 0.1) is 10.1 Å². The fourth-order valence-corrected chi connectivity index (χ4v) is 5.28. The largest absolute Gasteiger partial charge is 0.494 e. The van der Waals surface area contributed by atoms with Gasteiger partial charge in [-0.05, 0) is 37.3 Å². The van der Waals surface area contributed by atoms with Crippen LogP contribution in [-0.4, -0.2) is 65.9 Å². The minimum atomic E-state index is -0.472. The topological polar surface area (TPSA) is 105 Å². The number of benzene rings is 2. The van der Waals surface area contributed by atoms with Crippen molar-refractivity contribution in [2.45, 2.75) is 6.92 Å². The van der Waals surface area contributed by atoms with Crippen molar-refractivity contribution in [2.24, 2.45) is 0 Å². The van der Waals surface area contributed by atoms with Gasteiger partial charge in [0.15, 0.2) is 0 Å². The second kappa shape index (κ2) is 10.4. The van der Waals surface area contributed by atoms with E-state index < -0.39 is 4.92 Å². The third kappa shape index (κ3) is 5.30. The van der Waals surface area contributed by atoms with Crippen LogP contribution in [0.2, 0.25) is 5.02 Å². The van der Waals surface area contributed by atoms with E-state index >= 15 is 0 Å². The summed E-state index contributed by atoms with van der Waals surface area (Å²) in [6.07, 6.45) is 0. The van der Waals surface area contributed by atoms with Gasteiger partial charge in [0, 0.05) is 54.1 Å². The summed E-state index contributed by atoms with van der Waals surface area (Å²) in [5, 5.41) is 14.8. The zero-order chi connectivity index (χ0) is 24.2. The van der Waals surface area contributed by atoms with Crippen LogP contribution in [0.3, 0.4) is 0 Å². The molecule has 1 aromatic heterocycles. The summed E-state index contributed by atoms with van der Waals surface area (Å²) in [4.78, 5) is 40.1. The standard InChI is InChI=1S/C23H23ClN4O5S/c1-2-33-17-6-3-15(4-7-17)25-20(29)14-26-9-11-27(12-10-26)23(30)22-21(24)18-8-5-16(28(31)32)13-19(18)34-22/h3-8,13H,2,9-12,14H2,1H3,(H,25,29). The second-order valence-electron chi connectivity index (χ2n) is 7.76. The lowest BCUT2D eigenvalue weighted by atomic mass is 10.2. The lowest BCUT2D eigenvalue weighted by molar-refractivity contribution is -0.384. The molecule has 0 atom stereocenters. The fraction of sp³-hybridized carbons (Fsp3) is 0.304. The predicted octanol–water partition coefficient (Wildman–Crippen LogP) is 4.26. The summed E-state index contributed by atoms with van der Waals surface area (Å²) in [6, 6.07) is 11.6. The van der Waals surface area contributed by atoms with E-state index in [1.807, 2.05) is 11.8 Å².